The van der Waals surface area contributed by atoms with Crippen molar-refractivity contribution in [3.8, 4) is 0 Å². The summed E-state index contributed by atoms with van der Waals surface area (Å²) in [6, 6.07) is 31.8. The Hall–Kier alpha value is -3.70. The molecule has 5 rings (SSSR count). The highest BCUT2D eigenvalue weighted by Gasteiger charge is 2.35. The number of sulfonamides is 1. The number of nitrogens with zero attached hydrogens (tertiary/aromatic N) is 2. The highest BCUT2D eigenvalue weighted by atomic mass is 127. The van der Waals surface area contributed by atoms with Crippen LogP contribution in [0.2, 0.25) is 0 Å². The van der Waals surface area contributed by atoms with E-state index in [2.05, 4.69) is 27.9 Å². The fourth-order valence-corrected chi connectivity index (χ4v) is 7.58. The van der Waals surface area contributed by atoms with Gasteiger partial charge in [-0.05, 0) is 89.9 Å². The number of aryl methyl sites for hydroxylation is 1. The van der Waals surface area contributed by atoms with Gasteiger partial charge in [0, 0.05) is 22.6 Å². The zero-order valence-electron chi connectivity index (χ0n) is 25.3. The Morgan fingerprint density at radius 3 is 2.11 bits per heavy atom. The summed E-state index contributed by atoms with van der Waals surface area (Å²) in [5.41, 5.74) is 3.18. The number of benzene rings is 4. The van der Waals surface area contributed by atoms with Crippen LogP contribution in [-0.2, 0) is 32.6 Å². The largest absolute Gasteiger partial charge is 0.352 e. The minimum atomic E-state index is -4.12. The molecule has 4 aromatic rings. The van der Waals surface area contributed by atoms with Gasteiger partial charge in [-0.3, -0.25) is 13.9 Å². The highest BCUT2D eigenvalue weighted by Crippen LogP contribution is 2.26. The molecule has 0 saturated heterocycles. The van der Waals surface area contributed by atoms with Crippen LogP contribution in [0.15, 0.2) is 114 Å². The second kappa shape index (κ2) is 15.1. The van der Waals surface area contributed by atoms with Crippen molar-refractivity contribution in [2.24, 2.45) is 0 Å². The molecule has 0 aliphatic heterocycles. The van der Waals surface area contributed by atoms with E-state index in [0.29, 0.717) is 12.1 Å². The van der Waals surface area contributed by atoms with Gasteiger partial charge in [0.25, 0.3) is 10.0 Å². The Morgan fingerprint density at radius 1 is 0.844 bits per heavy atom. The van der Waals surface area contributed by atoms with Gasteiger partial charge in [0.1, 0.15) is 12.6 Å². The summed E-state index contributed by atoms with van der Waals surface area (Å²) in [5.74, 6) is -0.685. The topological polar surface area (TPSA) is 86.8 Å². The molecule has 0 bridgehead atoms. The van der Waals surface area contributed by atoms with E-state index in [1.165, 1.54) is 12.1 Å². The van der Waals surface area contributed by atoms with Crippen molar-refractivity contribution in [2.75, 3.05) is 10.8 Å². The van der Waals surface area contributed by atoms with Gasteiger partial charge in [-0.15, -0.1) is 0 Å². The van der Waals surface area contributed by atoms with Gasteiger partial charge in [-0.2, -0.15) is 0 Å². The number of anilines is 1. The third-order valence-corrected chi connectivity index (χ3v) is 10.6. The number of hydrogen-bond acceptors (Lipinski definition) is 4. The molecule has 0 aromatic heterocycles. The van der Waals surface area contributed by atoms with Crippen molar-refractivity contribution >= 4 is 50.1 Å². The van der Waals surface area contributed by atoms with Crippen LogP contribution in [0.5, 0.6) is 0 Å². The number of carbonyl (C=O) groups excluding carboxylic acids is 2. The molecule has 7 nitrogen and oxygen atoms in total. The van der Waals surface area contributed by atoms with E-state index in [9.17, 15) is 18.0 Å². The normalized spacial score (nSPS) is 14.1. The van der Waals surface area contributed by atoms with Gasteiger partial charge >= 0.3 is 0 Å². The molecule has 4 aromatic carbocycles. The lowest BCUT2D eigenvalue weighted by Crippen LogP contribution is -2.54. The van der Waals surface area contributed by atoms with Crippen LogP contribution in [-0.4, -0.2) is 43.8 Å². The average molecular weight is 736 g/mol. The molecule has 0 unspecified atom stereocenters. The van der Waals surface area contributed by atoms with Gasteiger partial charge in [0.05, 0.1) is 10.6 Å². The Balaban J connectivity index is 1.56. The van der Waals surface area contributed by atoms with Crippen LogP contribution >= 0.6 is 22.6 Å². The second-order valence-corrected chi connectivity index (χ2v) is 14.6. The summed E-state index contributed by atoms with van der Waals surface area (Å²) in [6.07, 6.45) is 4.23. The monoisotopic (exact) mass is 735 g/mol. The van der Waals surface area contributed by atoms with E-state index < -0.39 is 28.5 Å². The van der Waals surface area contributed by atoms with E-state index in [4.69, 9.17) is 0 Å². The summed E-state index contributed by atoms with van der Waals surface area (Å²) < 4.78 is 30.2. The van der Waals surface area contributed by atoms with Crippen LogP contribution in [0, 0.1) is 10.5 Å². The van der Waals surface area contributed by atoms with Gasteiger partial charge < -0.3 is 10.2 Å². The Labute approximate surface area is 279 Å². The quantitative estimate of drug-likeness (QED) is 0.169. The van der Waals surface area contributed by atoms with Crippen molar-refractivity contribution in [3.63, 3.8) is 0 Å². The molecule has 0 heterocycles. The molecule has 1 aliphatic carbocycles. The van der Waals surface area contributed by atoms with Crippen molar-refractivity contribution in [1.29, 1.82) is 0 Å². The Bertz CT molecular complexity index is 1690. The molecule has 9 heteroatoms. The molecule has 1 saturated carbocycles. The fourth-order valence-electron chi connectivity index (χ4n) is 5.78. The molecule has 234 valence electrons. The van der Waals surface area contributed by atoms with E-state index in [0.717, 1.165) is 50.2 Å². The number of halogens is 1. The first-order valence-corrected chi connectivity index (χ1v) is 17.8. The first kappa shape index (κ1) is 32.7. The molecule has 1 fully saturated rings. The predicted molar refractivity (Wildman–Crippen MR) is 186 cm³/mol. The number of carbonyl (C=O) groups is 2. The van der Waals surface area contributed by atoms with Crippen LogP contribution in [0.25, 0.3) is 0 Å². The zero-order valence-corrected chi connectivity index (χ0v) is 28.3. The van der Waals surface area contributed by atoms with E-state index >= 15 is 0 Å². The van der Waals surface area contributed by atoms with Crippen molar-refractivity contribution in [3.05, 3.63) is 129 Å². The van der Waals surface area contributed by atoms with Crippen LogP contribution in [0.4, 0.5) is 5.69 Å². The summed E-state index contributed by atoms with van der Waals surface area (Å²) in [7, 11) is -4.12. The highest BCUT2D eigenvalue weighted by molar-refractivity contribution is 14.1. The predicted octanol–water partition coefficient (Wildman–Crippen LogP) is 6.49. The number of rotatable bonds is 12. The smallest absolute Gasteiger partial charge is 0.264 e. The summed E-state index contributed by atoms with van der Waals surface area (Å²) in [5, 5.41) is 3.21. The number of hydrogen-bond donors (Lipinski definition) is 1. The van der Waals surface area contributed by atoms with Crippen LogP contribution < -0.4 is 9.62 Å². The number of amides is 2. The van der Waals surface area contributed by atoms with Gasteiger partial charge in [0.2, 0.25) is 11.8 Å². The van der Waals surface area contributed by atoms with Gasteiger partial charge in [0.15, 0.2) is 0 Å². The van der Waals surface area contributed by atoms with E-state index in [1.54, 1.807) is 35.2 Å². The third kappa shape index (κ3) is 8.52. The molecule has 0 radical (unpaired) electrons. The molecule has 1 aliphatic rings. The third-order valence-electron chi connectivity index (χ3n) is 8.13. The zero-order chi connectivity index (χ0) is 31.8. The lowest BCUT2D eigenvalue weighted by Gasteiger charge is -2.34. The molecule has 1 N–H and O–H groups in total. The summed E-state index contributed by atoms with van der Waals surface area (Å²) >= 11 is 2.16. The maximum absolute atomic E-state index is 14.6. The summed E-state index contributed by atoms with van der Waals surface area (Å²) in [6.45, 7) is 1.67. The maximum Gasteiger partial charge on any atom is 0.264 e. The molecular formula is C36H38IN3O4S. The molecule has 2 amide bonds. The van der Waals surface area contributed by atoms with Crippen molar-refractivity contribution < 1.29 is 18.0 Å². The molecule has 45 heavy (non-hydrogen) atoms. The van der Waals surface area contributed by atoms with Crippen LogP contribution in [0.3, 0.4) is 0 Å². The van der Waals surface area contributed by atoms with Crippen LogP contribution in [0.1, 0.15) is 42.4 Å². The lowest BCUT2D eigenvalue weighted by atomic mass is 10.0. The van der Waals surface area contributed by atoms with Gasteiger partial charge in [-0.25, -0.2) is 8.42 Å². The molecular weight excluding hydrogens is 697 g/mol. The first-order chi connectivity index (χ1) is 21.7. The Kier molecular flexibility index (Phi) is 10.9. The number of nitrogens with one attached hydrogen (secondary N) is 1. The van der Waals surface area contributed by atoms with E-state index in [-0.39, 0.29) is 23.4 Å². The SMILES string of the molecule is Cc1cccc(CN(C(=O)CN(c2ccc(I)cc2)S(=O)(=O)c2ccccc2)[C@@H](Cc2ccccc2)C(=O)NC2CCCC2)c1. The minimum absolute atomic E-state index is 0.0634. The summed E-state index contributed by atoms with van der Waals surface area (Å²) in [4.78, 5) is 30.3. The lowest BCUT2D eigenvalue weighted by molar-refractivity contribution is -0.140. The molecule has 1 atom stereocenters. The van der Waals surface area contributed by atoms with Crippen molar-refractivity contribution in [2.45, 2.75) is 62.6 Å². The minimum Gasteiger partial charge on any atom is -0.352 e. The standard InChI is InChI=1S/C36H38IN3O4S/c1-27-11-10-14-29(23-27)25-39(34(24-28-12-4-2-5-13-28)36(42)38-31-15-8-9-16-31)35(41)26-40(32-21-19-30(37)20-22-32)45(43,44)33-17-6-3-7-18-33/h2-7,10-14,17-23,31,34H,8-9,15-16,24-26H2,1H3,(H,38,42)/t34-/m0/s1. The van der Waals surface area contributed by atoms with Gasteiger partial charge in [-0.1, -0.05) is 91.2 Å². The van der Waals surface area contributed by atoms with E-state index in [1.807, 2.05) is 73.7 Å². The second-order valence-electron chi connectivity index (χ2n) is 11.5. The average Bonchev–Trinajstić information content (AvgIpc) is 3.56. The molecule has 0 spiro atoms. The fraction of sp³-hybridized carbons (Fsp3) is 0.278. The Morgan fingerprint density at radius 2 is 1.47 bits per heavy atom. The maximum atomic E-state index is 14.6. The van der Waals surface area contributed by atoms with Crippen molar-refractivity contribution in [1.82, 2.24) is 10.2 Å². The first-order valence-electron chi connectivity index (χ1n) is 15.2.